The summed E-state index contributed by atoms with van der Waals surface area (Å²) < 4.78 is 42.3. The number of nitrogens with one attached hydrogen (secondary N) is 2. The first-order valence-electron chi connectivity index (χ1n) is 16.9. The van der Waals surface area contributed by atoms with Crippen LogP contribution < -0.4 is 20.1 Å². The lowest BCUT2D eigenvalue weighted by Crippen LogP contribution is -2.59. The number of aromatic nitrogens is 1. The van der Waals surface area contributed by atoms with Crippen molar-refractivity contribution in [3.05, 3.63) is 42.4 Å². The van der Waals surface area contributed by atoms with E-state index in [1.807, 2.05) is 0 Å². The van der Waals surface area contributed by atoms with Gasteiger partial charge in [-0.3, -0.25) is 9.59 Å². The van der Waals surface area contributed by atoms with E-state index in [0.29, 0.717) is 0 Å². The smallest absolute Gasteiger partial charge is 0.408 e. The number of rotatable bonds is 11. The summed E-state index contributed by atoms with van der Waals surface area (Å²) in [4.78, 5) is 72.4. The van der Waals surface area contributed by atoms with Crippen molar-refractivity contribution in [3.8, 4) is 11.5 Å². The Balaban J connectivity index is 1.49. The molecule has 276 valence electrons. The Morgan fingerprint density at radius 2 is 1.76 bits per heavy atom. The van der Waals surface area contributed by atoms with Gasteiger partial charge in [0, 0.05) is 23.8 Å². The van der Waals surface area contributed by atoms with E-state index < -0.39 is 64.8 Å². The second kappa shape index (κ2) is 14.7. The Labute approximate surface area is 295 Å². The van der Waals surface area contributed by atoms with Gasteiger partial charge in [-0.05, 0) is 49.7 Å². The first kappa shape index (κ1) is 37.3. The minimum Gasteiger partial charge on any atom is -0.494 e. The van der Waals surface area contributed by atoms with Gasteiger partial charge in [0.15, 0.2) is 17.3 Å². The van der Waals surface area contributed by atoms with Crippen LogP contribution in [0, 0.1) is 17.2 Å². The SMILES string of the molecule is C=C[C@@H]1C[C@]1(NC(=O)[C@@H]1C[C@@H](Oc2cc(C(=O)OC)nc3c(F)c(OC)ccc23)CN1C(=O)[C@@H](NC(=O)OC1CCCC1)C(C)(C)C)C(=O)OC. The molecule has 1 aliphatic heterocycles. The molecule has 2 aromatic rings. The number of hydrogen-bond acceptors (Lipinski definition) is 11. The van der Waals surface area contributed by atoms with Crippen molar-refractivity contribution in [2.24, 2.45) is 11.3 Å². The molecule has 1 aromatic carbocycles. The maximum absolute atomic E-state index is 15.4. The zero-order chi connectivity index (χ0) is 37.2. The fraction of sp³-hybridized carbons (Fsp3) is 0.556. The van der Waals surface area contributed by atoms with Gasteiger partial charge in [0.25, 0.3) is 0 Å². The maximum atomic E-state index is 15.4. The number of esters is 2. The van der Waals surface area contributed by atoms with Crippen LogP contribution in [-0.4, -0.2) is 97.4 Å². The summed E-state index contributed by atoms with van der Waals surface area (Å²) in [6, 6.07) is 1.90. The van der Waals surface area contributed by atoms with Crippen LogP contribution in [0.2, 0.25) is 0 Å². The molecule has 3 amide bonds. The highest BCUT2D eigenvalue weighted by atomic mass is 19.1. The molecule has 5 atom stereocenters. The number of alkyl carbamates (subject to hydrolysis) is 1. The number of benzene rings is 1. The molecule has 2 aliphatic carbocycles. The molecule has 0 radical (unpaired) electrons. The second-order valence-corrected chi connectivity index (χ2v) is 14.2. The fourth-order valence-electron chi connectivity index (χ4n) is 6.84. The largest absolute Gasteiger partial charge is 0.494 e. The van der Waals surface area contributed by atoms with E-state index in [4.69, 9.17) is 23.7 Å². The van der Waals surface area contributed by atoms with Gasteiger partial charge >= 0.3 is 18.0 Å². The summed E-state index contributed by atoms with van der Waals surface area (Å²) in [6.45, 7) is 8.93. The van der Waals surface area contributed by atoms with E-state index in [9.17, 15) is 24.0 Å². The number of hydrogen-bond donors (Lipinski definition) is 2. The summed E-state index contributed by atoms with van der Waals surface area (Å²) in [5.74, 6) is -3.99. The van der Waals surface area contributed by atoms with Crippen LogP contribution in [0.5, 0.6) is 11.5 Å². The lowest BCUT2D eigenvalue weighted by Gasteiger charge is -2.35. The molecule has 51 heavy (non-hydrogen) atoms. The molecular formula is C36H45FN4O10. The molecule has 3 fully saturated rings. The number of carbonyl (C=O) groups excluding carboxylic acids is 5. The van der Waals surface area contributed by atoms with E-state index >= 15 is 4.39 Å². The molecular weight excluding hydrogens is 667 g/mol. The van der Waals surface area contributed by atoms with Crippen molar-refractivity contribution < 1.29 is 52.0 Å². The van der Waals surface area contributed by atoms with Crippen molar-refractivity contribution in [2.75, 3.05) is 27.9 Å². The Bertz CT molecular complexity index is 1720. The monoisotopic (exact) mass is 712 g/mol. The number of nitrogens with zero attached hydrogens (tertiary/aromatic N) is 2. The van der Waals surface area contributed by atoms with Gasteiger partial charge < -0.3 is 39.2 Å². The second-order valence-electron chi connectivity index (χ2n) is 14.2. The summed E-state index contributed by atoms with van der Waals surface area (Å²) >= 11 is 0. The third kappa shape index (κ3) is 7.57. The predicted molar refractivity (Wildman–Crippen MR) is 180 cm³/mol. The molecule has 14 nitrogen and oxygen atoms in total. The summed E-state index contributed by atoms with van der Waals surface area (Å²) in [5.41, 5.74) is -2.62. The van der Waals surface area contributed by atoms with Crippen molar-refractivity contribution in [1.29, 1.82) is 0 Å². The highest BCUT2D eigenvalue weighted by Gasteiger charge is 2.62. The zero-order valence-corrected chi connectivity index (χ0v) is 29.7. The lowest BCUT2D eigenvalue weighted by molar-refractivity contribution is -0.148. The van der Waals surface area contributed by atoms with Crippen molar-refractivity contribution >= 4 is 40.7 Å². The van der Waals surface area contributed by atoms with Gasteiger partial charge in [-0.1, -0.05) is 26.8 Å². The molecule has 0 spiro atoms. The van der Waals surface area contributed by atoms with E-state index in [1.165, 1.54) is 37.3 Å². The fourth-order valence-corrected chi connectivity index (χ4v) is 6.84. The molecule has 1 aromatic heterocycles. The lowest BCUT2D eigenvalue weighted by atomic mass is 9.85. The average Bonchev–Trinajstić information content (AvgIpc) is 3.36. The minimum absolute atomic E-state index is 0.0472. The quantitative estimate of drug-likeness (QED) is 0.197. The van der Waals surface area contributed by atoms with Crippen molar-refractivity contribution in [1.82, 2.24) is 20.5 Å². The maximum Gasteiger partial charge on any atom is 0.408 e. The first-order chi connectivity index (χ1) is 24.2. The van der Waals surface area contributed by atoms with Crippen LogP contribution in [0.3, 0.4) is 0 Å². The first-order valence-corrected chi connectivity index (χ1v) is 16.9. The van der Waals surface area contributed by atoms with Crippen LogP contribution in [-0.2, 0) is 28.6 Å². The third-order valence-corrected chi connectivity index (χ3v) is 9.75. The van der Waals surface area contributed by atoms with Crippen LogP contribution in [0.1, 0.15) is 69.8 Å². The van der Waals surface area contributed by atoms with Gasteiger partial charge in [-0.25, -0.2) is 23.8 Å². The van der Waals surface area contributed by atoms with Crippen LogP contribution >= 0.6 is 0 Å². The van der Waals surface area contributed by atoms with Gasteiger partial charge in [-0.15, -0.1) is 6.58 Å². The van der Waals surface area contributed by atoms with Crippen LogP contribution in [0.4, 0.5) is 9.18 Å². The number of halogens is 1. The minimum atomic E-state index is -1.35. The Morgan fingerprint density at radius 3 is 2.35 bits per heavy atom. The average molecular weight is 713 g/mol. The van der Waals surface area contributed by atoms with E-state index in [-0.39, 0.29) is 59.5 Å². The number of amides is 3. The Kier molecular flexibility index (Phi) is 10.8. The number of likely N-dealkylation sites (tertiary alicyclic amines) is 1. The predicted octanol–water partition coefficient (Wildman–Crippen LogP) is 3.83. The molecule has 3 aliphatic rings. The number of methoxy groups -OCH3 is 3. The summed E-state index contributed by atoms with van der Waals surface area (Å²) in [6.07, 6.45) is 3.26. The van der Waals surface area contributed by atoms with Gasteiger partial charge in [0.05, 0.1) is 27.9 Å². The van der Waals surface area contributed by atoms with Crippen LogP contribution in [0.25, 0.3) is 10.9 Å². The van der Waals surface area contributed by atoms with Gasteiger partial charge in [0.2, 0.25) is 11.8 Å². The molecule has 2 N–H and O–H groups in total. The number of pyridine rings is 1. The molecule has 2 heterocycles. The zero-order valence-electron chi connectivity index (χ0n) is 29.7. The van der Waals surface area contributed by atoms with Gasteiger partial charge in [0.1, 0.15) is 41.1 Å². The number of ether oxygens (including phenoxy) is 5. The molecule has 1 saturated heterocycles. The van der Waals surface area contributed by atoms with E-state index in [0.717, 1.165) is 32.8 Å². The van der Waals surface area contributed by atoms with E-state index in [1.54, 1.807) is 26.8 Å². The normalized spacial score (nSPS) is 23.6. The summed E-state index contributed by atoms with van der Waals surface area (Å²) in [5, 5.41) is 5.73. The third-order valence-electron chi connectivity index (χ3n) is 9.75. The Morgan fingerprint density at radius 1 is 1.06 bits per heavy atom. The van der Waals surface area contributed by atoms with Crippen molar-refractivity contribution in [2.45, 2.75) is 89.1 Å². The molecule has 0 unspecified atom stereocenters. The number of carbonyl (C=O) groups is 5. The van der Waals surface area contributed by atoms with Crippen LogP contribution in [0.15, 0.2) is 30.9 Å². The molecule has 5 rings (SSSR count). The molecule has 15 heteroatoms. The standard InChI is InChI=1S/C36H45FN4O10/c1-8-19-17-36(19,33(45)49-7)40-30(42)24-15-21(18-41(24)31(43)29(35(2,3)4)39-34(46)51-20-11-9-10-12-20)50-26-16-23(32(44)48-6)38-28-22(26)13-14-25(47-5)27(28)37/h8,13-14,16,19-21,24,29H,1,9-12,15,17-18H2,2-7H3,(H,39,46)(H,40,42)/t19-,21-,24+,29-,36-/m1/s1. The van der Waals surface area contributed by atoms with Gasteiger partial charge in [-0.2, -0.15) is 0 Å². The summed E-state index contributed by atoms with van der Waals surface area (Å²) in [7, 11) is 3.66. The molecule has 0 bridgehead atoms. The highest BCUT2D eigenvalue weighted by Crippen LogP contribution is 2.46. The van der Waals surface area contributed by atoms with E-state index in [2.05, 4.69) is 22.2 Å². The van der Waals surface area contributed by atoms with Crippen molar-refractivity contribution in [3.63, 3.8) is 0 Å². The number of fused-ring (bicyclic) bond motifs is 1. The molecule has 2 saturated carbocycles. The Hall–Kier alpha value is -4.95. The topological polar surface area (TPSA) is 172 Å². The highest BCUT2D eigenvalue weighted by molar-refractivity contribution is 5.97.